The highest BCUT2D eigenvalue weighted by molar-refractivity contribution is 6.09. The lowest BCUT2D eigenvalue weighted by molar-refractivity contribution is 0.487. The van der Waals surface area contributed by atoms with Gasteiger partial charge in [-0.2, -0.15) is 0 Å². The number of hydrogen-bond donors (Lipinski definition) is 0. The summed E-state index contributed by atoms with van der Waals surface area (Å²) in [6.07, 6.45) is 11.1. The van der Waals surface area contributed by atoms with Gasteiger partial charge in [-0.1, -0.05) is 91.0 Å². The van der Waals surface area contributed by atoms with Gasteiger partial charge in [0, 0.05) is 39.8 Å². The van der Waals surface area contributed by atoms with Crippen LogP contribution in [0.25, 0.3) is 55.9 Å². The Kier molecular flexibility index (Phi) is 5.52. The zero-order valence-electron chi connectivity index (χ0n) is 22.1. The lowest BCUT2D eigenvalue weighted by Gasteiger charge is -2.22. The Balaban J connectivity index is 1.21. The summed E-state index contributed by atoms with van der Waals surface area (Å²) in [5.74, 6) is 3.92. The maximum atomic E-state index is 6.27. The number of ether oxygens (including phenoxy) is 1. The molecule has 1 atom stereocenters. The van der Waals surface area contributed by atoms with E-state index in [1.165, 1.54) is 5.56 Å². The molecule has 3 heterocycles. The number of pyridine rings is 1. The Morgan fingerprint density at radius 2 is 1.44 bits per heavy atom. The number of benzene rings is 4. The van der Waals surface area contributed by atoms with Crippen LogP contribution in [-0.2, 0) is 0 Å². The Hall–Kier alpha value is -5.42. The quantitative estimate of drug-likeness (QED) is 0.228. The van der Waals surface area contributed by atoms with Crippen LogP contribution in [0.2, 0.25) is 0 Å². The maximum absolute atomic E-state index is 6.27. The highest BCUT2D eigenvalue weighted by atomic mass is 16.5. The molecular weight excluding hydrogens is 504 g/mol. The van der Waals surface area contributed by atoms with Crippen molar-refractivity contribution in [2.75, 3.05) is 0 Å². The molecule has 2 aliphatic rings. The van der Waals surface area contributed by atoms with Gasteiger partial charge in [-0.3, -0.25) is 4.98 Å². The molecule has 194 valence electrons. The van der Waals surface area contributed by atoms with Crippen molar-refractivity contribution in [2.24, 2.45) is 0 Å². The second-order valence-electron chi connectivity index (χ2n) is 10.2. The predicted molar refractivity (Wildman–Crippen MR) is 163 cm³/mol. The first-order chi connectivity index (χ1) is 20.3. The minimum absolute atomic E-state index is 0.112. The van der Waals surface area contributed by atoms with E-state index in [9.17, 15) is 0 Å². The predicted octanol–water partition coefficient (Wildman–Crippen LogP) is 8.79. The third-order valence-corrected chi connectivity index (χ3v) is 7.69. The fourth-order valence-corrected chi connectivity index (χ4v) is 5.66. The van der Waals surface area contributed by atoms with Gasteiger partial charge in [0.15, 0.2) is 11.6 Å². The summed E-state index contributed by atoms with van der Waals surface area (Å²) < 4.78 is 6.27. The molecule has 1 aliphatic carbocycles. The van der Waals surface area contributed by atoms with E-state index in [0.29, 0.717) is 11.6 Å². The molecular formula is C36H24N4O. The van der Waals surface area contributed by atoms with Gasteiger partial charge in [0.2, 0.25) is 0 Å². The second-order valence-corrected chi connectivity index (χ2v) is 10.2. The standard InChI is InChI=1S/C36H24N4O/c1-3-10-23(11-4-1)34-38-35(24-12-5-2-6-13-24)40-36(39-34)25-18-20-30(37-22-25)26-19-21-32-33-28(26)15-9-16-29(33)27-14-7-8-17-31(27)41-32/h1-12,14-22,24H,13H2. The fraction of sp³-hybridized carbons (Fsp3) is 0.0556. The van der Waals surface area contributed by atoms with E-state index in [-0.39, 0.29) is 5.92 Å². The van der Waals surface area contributed by atoms with Crippen LogP contribution in [0.3, 0.4) is 0 Å². The molecule has 5 heteroatoms. The first-order valence-corrected chi connectivity index (χ1v) is 13.8. The van der Waals surface area contributed by atoms with Crippen molar-refractivity contribution in [3.63, 3.8) is 0 Å². The van der Waals surface area contributed by atoms with E-state index >= 15 is 0 Å². The average molecular weight is 529 g/mol. The highest BCUT2D eigenvalue weighted by Gasteiger charge is 2.22. The third-order valence-electron chi connectivity index (χ3n) is 7.69. The van der Waals surface area contributed by atoms with Gasteiger partial charge < -0.3 is 4.74 Å². The van der Waals surface area contributed by atoms with Crippen LogP contribution in [0.5, 0.6) is 11.5 Å². The van der Waals surface area contributed by atoms with Gasteiger partial charge >= 0.3 is 0 Å². The fourth-order valence-electron chi connectivity index (χ4n) is 5.66. The first-order valence-electron chi connectivity index (χ1n) is 13.8. The third kappa shape index (κ3) is 4.10. The molecule has 2 aromatic heterocycles. The largest absolute Gasteiger partial charge is 0.456 e. The summed E-state index contributed by atoms with van der Waals surface area (Å²) in [7, 11) is 0. The number of aromatic nitrogens is 4. The molecule has 0 radical (unpaired) electrons. The molecule has 6 aromatic rings. The molecule has 0 saturated carbocycles. The van der Waals surface area contributed by atoms with Gasteiger partial charge in [-0.25, -0.2) is 15.0 Å². The zero-order valence-corrected chi connectivity index (χ0v) is 22.1. The number of nitrogens with zero attached hydrogens (tertiary/aromatic N) is 4. The molecule has 5 nitrogen and oxygen atoms in total. The molecule has 0 amide bonds. The lowest BCUT2D eigenvalue weighted by atomic mass is 9.91. The normalized spacial score (nSPS) is 15.0. The summed E-state index contributed by atoms with van der Waals surface area (Å²) in [4.78, 5) is 19.5. The summed E-state index contributed by atoms with van der Waals surface area (Å²) in [6, 6.07) is 32.9. The van der Waals surface area contributed by atoms with E-state index in [1.54, 1.807) is 0 Å². The number of rotatable bonds is 4. The minimum Gasteiger partial charge on any atom is -0.456 e. The van der Waals surface area contributed by atoms with E-state index in [4.69, 9.17) is 24.7 Å². The summed E-state index contributed by atoms with van der Waals surface area (Å²) in [5.41, 5.74) is 6.04. The number of hydrogen-bond acceptors (Lipinski definition) is 5. The van der Waals surface area contributed by atoms with Crippen molar-refractivity contribution < 1.29 is 4.74 Å². The zero-order chi connectivity index (χ0) is 27.2. The topological polar surface area (TPSA) is 60.8 Å². The van der Waals surface area contributed by atoms with E-state index in [2.05, 4.69) is 54.6 Å². The van der Waals surface area contributed by atoms with Crippen LogP contribution in [0.4, 0.5) is 0 Å². The lowest BCUT2D eigenvalue weighted by Crippen LogP contribution is -2.08. The molecule has 1 unspecified atom stereocenters. The van der Waals surface area contributed by atoms with Crippen molar-refractivity contribution in [3.8, 4) is 56.7 Å². The molecule has 4 aromatic carbocycles. The van der Waals surface area contributed by atoms with Crippen molar-refractivity contribution in [3.05, 3.63) is 133 Å². The van der Waals surface area contributed by atoms with E-state index in [0.717, 1.165) is 62.5 Å². The Morgan fingerprint density at radius 1 is 0.610 bits per heavy atom. The van der Waals surface area contributed by atoms with E-state index in [1.807, 2.05) is 72.9 Å². The number of fused-ring (bicyclic) bond motifs is 2. The molecule has 0 N–H and O–H groups in total. The van der Waals surface area contributed by atoms with Crippen LogP contribution in [0.15, 0.2) is 128 Å². The van der Waals surface area contributed by atoms with Gasteiger partial charge in [-0.05, 0) is 47.7 Å². The number of allylic oxidation sites excluding steroid dienone is 4. The molecule has 41 heavy (non-hydrogen) atoms. The Bertz CT molecular complexity index is 2000. The summed E-state index contributed by atoms with van der Waals surface area (Å²) in [6.45, 7) is 0. The molecule has 0 bridgehead atoms. The van der Waals surface area contributed by atoms with Crippen LogP contribution in [-0.4, -0.2) is 19.9 Å². The number of para-hydroxylation sites is 1. The van der Waals surface area contributed by atoms with Crippen molar-refractivity contribution in [1.82, 2.24) is 19.9 Å². The van der Waals surface area contributed by atoms with Crippen LogP contribution in [0, 0.1) is 0 Å². The van der Waals surface area contributed by atoms with Crippen molar-refractivity contribution >= 4 is 10.8 Å². The van der Waals surface area contributed by atoms with Crippen LogP contribution in [0.1, 0.15) is 18.2 Å². The first kappa shape index (κ1) is 23.5. The average Bonchev–Trinajstić information content (AvgIpc) is 3.06. The Labute approximate surface area is 237 Å². The molecule has 1 aliphatic heterocycles. The molecule has 0 spiro atoms. The molecule has 0 fully saturated rings. The monoisotopic (exact) mass is 528 g/mol. The van der Waals surface area contributed by atoms with Crippen molar-refractivity contribution in [1.29, 1.82) is 0 Å². The van der Waals surface area contributed by atoms with Gasteiger partial charge in [-0.15, -0.1) is 0 Å². The molecule has 8 rings (SSSR count). The smallest absolute Gasteiger partial charge is 0.165 e. The van der Waals surface area contributed by atoms with Gasteiger partial charge in [0.25, 0.3) is 0 Å². The SMILES string of the molecule is C1=CCC(c2nc(-c3ccccc3)nc(-c3ccc(-c4ccc5c6c(cccc46)-c4ccccc4O5)nc3)n2)C=C1. The molecule has 0 saturated heterocycles. The van der Waals surface area contributed by atoms with Crippen molar-refractivity contribution in [2.45, 2.75) is 12.3 Å². The summed E-state index contributed by atoms with van der Waals surface area (Å²) >= 11 is 0. The highest BCUT2D eigenvalue weighted by Crippen LogP contribution is 2.48. The van der Waals surface area contributed by atoms with Gasteiger partial charge in [0.05, 0.1) is 5.69 Å². The summed E-state index contributed by atoms with van der Waals surface area (Å²) in [5, 5.41) is 2.22. The second kappa shape index (κ2) is 9.65. The van der Waals surface area contributed by atoms with E-state index < -0.39 is 0 Å². The minimum atomic E-state index is 0.112. The Morgan fingerprint density at radius 3 is 2.27 bits per heavy atom. The maximum Gasteiger partial charge on any atom is 0.165 e. The van der Waals surface area contributed by atoms with Crippen LogP contribution < -0.4 is 4.74 Å². The van der Waals surface area contributed by atoms with Gasteiger partial charge in [0.1, 0.15) is 17.3 Å². The van der Waals surface area contributed by atoms with Crippen LogP contribution >= 0.6 is 0 Å².